The number of nitrogens with zero attached hydrogens (tertiary/aromatic N) is 1. The molecule has 0 spiro atoms. The van der Waals surface area contributed by atoms with Crippen LogP contribution in [0.25, 0.3) is 0 Å². The van der Waals surface area contributed by atoms with Gasteiger partial charge in [0.1, 0.15) is 0 Å². The molecule has 1 amide bonds. The van der Waals surface area contributed by atoms with Crippen molar-refractivity contribution in [3.8, 4) is 0 Å². The second-order valence-corrected chi connectivity index (χ2v) is 8.62. The third-order valence-electron chi connectivity index (χ3n) is 3.95. The Hall–Kier alpha value is -2.05. The van der Waals surface area contributed by atoms with E-state index in [1.807, 2.05) is 32.0 Å². The Labute approximate surface area is 160 Å². The summed E-state index contributed by atoms with van der Waals surface area (Å²) in [4.78, 5) is 12.1. The molecule has 0 saturated heterocycles. The van der Waals surface area contributed by atoms with Gasteiger partial charge in [0.25, 0.3) is 0 Å². The topological polar surface area (TPSA) is 66.5 Å². The van der Waals surface area contributed by atoms with Crippen molar-refractivity contribution in [2.45, 2.75) is 20.3 Å². The molecule has 2 rings (SSSR count). The van der Waals surface area contributed by atoms with Crippen molar-refractivity contribution >= 4 is 33.2 Å². The van der Waals surface area contributed by atoms with Crippen LogP contribution in [0.2, 0.25) is 5.02 Å². The van der Waals surface area contributed by atoms with Gasteiger partial charge in [-0.2, -0.15) is 0 Å². The van der Waals surface area contributed by atoms with Crippen LogP contribution in [0, 0.1) is 13.8 Å². The van der Waals surface area contributed by atoms with Crippen molar-refractivity contribution in [2.75, 3.05) is 23.7 Å². The van der Waals surface area contributed by atoms with Crippen molar-refractivity contribution in [3.05, 3.63) is 64.2 Å². The van der Waals surface area contributed by atoms with Crippen molar-refractivity contribution in [1.82, 2.24) is 5.32 Å². The van der Waals surface area contributed by atoms with Crippen LogP contribution >= 0.6 is 11.6 Å². The lowest BCUT2D eigenvalue weighted by atomic mass is 10.1. The van der Waals surface area contributed by atoms with Gasteiger partial charge >= 0.3 is 0 Å². The molecule has 0 fully saturated rings. The van der Waals surface area contributed by atoms with E-state index in [2.05, 4.69) is 5.32 Å². The van der Waals surface area contributed by atoms with Crippen LogP contribution in [0.4, 0.5) is 5.69 Å². The standard InChI is InChI=1S/C19H23ClN2O3S/c1-14-4-5-15(2)18(12-14)22(26(3,24)25)11-10-21-19(23)13-16-6-8-17(20)9-7-16/h4-9,12H,10-11,13H2,1-3H3,(H,21,23). The lowest BCUT2D eigenvalue weighted by Gasteiger charge is -2.24. The molecule has 0 unspecified atom stereocenters. The van der Waals surface area contributed by atoms with Crippen molar-refractivity contribution in [3.63, 3.8) is 0 Å². The van der Waals surface area contributed by atoms with E-state index >= 15 is 0 Å². The zero-order valence-corrected chi connectivity index (χ0v) is 16.7. The van der Waals surface area contributed by atoms with E-state index in [-0.39, 0.29) is 25.4 Å². The Morgan fingerprint density at radius 3 is 2.38 bits per heavy atom. The SMILES string of the molecule is Cc1ccc(C)c(N(CCNC(=O)Cc2ccc(Cl)cc2)S(C)(=O)=O)c1. The lowest BCUT2D eigenvalue weighted by Crippen LogP contribution is -2.39. The Balaban J connectivity index is 2.01. The van der Waals surface area contributed by atoms with Gasteiger partial charge < -0.3 is 5.32 Å². The van der Waals surface area contributed by atoms with Gasteiger partial charge in [-0.25, -0.2) is 8.42 Å². The number of hydrogen-bond donors (Lipinski definition) is 1. The normalized spacial score (nSPS) is 11.2. The molecule has 0 heterocycles. The molecule has 0 bridgehead atoms. The number of sulfonamides is 1. The quantitative estimate of drug-likeness (QED) is 0.784. The molecule has 2 aromatic carbocycles. The highest BCUT2D eigenvalue weighted by molar-refractivity contribution is 7.92. The molecule has 26 heavy (non-hydrogen) atoms. The first-order valence-corrected chi connectivity index (χ1v) is 10.5. The molecule has 2 aromatic rings. The molecular weight excluding hydrogens is 372 g/mol. The van der Waals surface area contributed by atoms with E-state index < -0.39 is 10.0 Å². The van der Waals surface area contributed by atoms with Gasteiger partial charge in [0.05, 0.1) is 24.9 Å². The van der Waals surface area contributed by atoms with Crippen LogP contribution in [0.1, 0.15) is 16.7 Å². The third-order valence-corrected chi connectivity index (χ3v) is 5.38. The number of anilines is 1. The summed E-state index contributed by atoms with van der Waals surface area (Å²) in [6, 6.07) is 12.7. The van der Waals surface area contributed by atoms with E-state index in [1.54, 1.807) is 24.3 Å². The van der Waals surface area contributed by atoms with Crippen LogP contribution in [-0.4, -0.2) is 33.7 Å². The van der Waals surface area contributed by atoms with Crippen molar-refractivity contribution in [1.29, 1.82) is 0 Å². The van der Waals surface area contributed by atoms with E-state index in [9.17, 15) is 13.2 Å². The van der Waals surface area contributed by atoms with Crippen LogP contribution in [0.3, 0.4) is 0 Å². The second kappa shape index (κ2) is 8.56. The number of aryl methyl sites for hydroxylation is 2. The largest absolute Gasteiger partial charge is 0.354 e. The number of carbonyl (C=O) groups excluding carboxylic acids is 1. The first-order chi connectivity index (χ1) is 12.2. The number of nitrogens with one attached hydrogen (secondary N) is 1. The Bertz CT molecular complexity index is 880. The molecule has 0 saturated carbocycles. The minimum Gasteiger partial charge on any atom is -0.354 e. The molecule has 0 atom stereocenters. The number of benzene rings is 2. The predicted molar refractivity (Wildman–Crippen MR) is 106 cm³/mol. The Kier molecular flexibility index (Phi) is 6.67. The van der Waals surface area contributed by atoms with Gasteiger partial charge in [-0.3, -0.25) is 9.10 Å². The van der Waals surface area contributed by atoms with Gasteiger partial charge in [0.15, 0.2) is 0 Å². The highest BCUT2D eigenvalue weighted by Gasteiger charge is 2.19. The smallest absolute Gasteiger partial charge is 0.232 e. The van der Waals surface area contributed by atoms with Crippen LogP contribution in [0.5, 0.6) is 0 Å². The molecule has 0 radical (unpaired) electrons. The summed E-state index contributed by atoms with van der Waals surface area (Å²) in [5.41, 5.74) is 3.33. The van der Waals surface area contributed by atoms with Gasteiger partial charge in [0.2, 0.25) is 15.9 Å². The highest BCUT2D eigenvalue weighted by Crippen LogP contribution is 2.23. The molecule has 0 aliphatic rings. The molecule has 7 heteroatoms. The lowest BCUT2D eigenvalue weighted by molar-refractivity contribution is -0.120. The van der Waals surface area contributed by atoms with Crippen molar-refractivity contribution < 1.29 is 13.2 Å². The van der Waals surface area contributed by atoms with E-state index in [0.29, 0.717) is 10.7 Å². The average molecular weight is 395 g/mol. The zero-order valence-electron chi connectivity index (χ0n) is 15.1. The van der Waals surface area contributed by atoms with Crippen LogP contribution in [-0.2, 0) is 21.2 Å². The maximum atomic E-state index is 12.2. The molecular formula is C19H23ClN2O3S. The minimum absolute atomic E-state index is 0.165. The molecule has 5 nitrogen and oxygen atoms in total. The first-order valence-electron chi connectivity index (χ1n) is 8.23. The summed E-state index contributed by atoms with van der Waals surface area (Å²) < 4.78 is 25.7. The van der Waals surface area contributed by atoms with Gasteiger partial charge in [0, 0.05) is 11.6 Å². The Morgan fingerprint density at radius 1 is 1.12 bits per heavy atom. The number of rotatable bonds is 7. The molecule has 0 aliphatic heterocycles. The predicted octanol–water partition coefficient (Wildman–Crippen LogP) is 3.08. The zero-order chi connectivity index (χ0) is 19.3. The van der Waals surface area contributed by atoms with E-state index in [1.165, 1.54) is 10.6 Å². The summed E-state index contributed by atoms with van der Waals surface area (Å²) >= 11 is 5.83. The van der Waals surface area contributed by atoms with Gasteiger partial charge in [-0.15, -0.1) is 0 Å². The third kappa shape index (κ3) is 5.75. The van der Waals surface area contributed by atoms with Gasteiger partial charge in [-0.05, 0) is 48.7 Å². The summed E-state index contributed by atoms with van der Waals surface area (Å²) in [5, 5.41) is 3.39. The Morgan fingerprint density at radius 2 is 1.77 bits per heavy atom. The van der Waals surface area contributed by atoms with Crippen LogP contribution in [0.15, 0.2) is 42.5 Å². The fourth-order valence-corrected chi connectivity index (χ4v) is 3.70. The number of carbonyl (C=O) groups is 1. The number of halogens is 1. The maximum absolute atomic E-state index is 12.2. The molecule has 1 N–H and O–H groups in total. The summed E-state index contributed by atoms with van der Waals surface area (Å²) in [5.74, 6) is -0.165. The fraction of sp³-hybridized carbons (Fsp3) is 0.316. The minimum atomic E-state index is -3.45. The van der Waals surface area contributed by atoms with Crippen molar-refractivity contribution in [2.24, 2.45) is 0 Å². The van der Waals surface area contributed by atoms with E-state index in [0.717, 1.165) is 16.7 Å². The summed E-state index contributed by atoms with van der Waals surface area (Å²) in [7, 11) is -3.45. The molecule has 0 aliphatic carbocycles. The molecule has 0 aromatic heterocycles. The number of hydrogen-bond acceptors (Lipinski definition) is 3. The fourth-order valence-electron chi connectivity index (χ4n) is 2.60. The number of amides is 1. The maximum Gasteiger partial charge on any atom is 0.232 e. The average Bonchev–Trinajstić information content (AvgIpc) is 2.55. The second-order valence-electron chi connectivity index (χ2n) is 6.28. The summed E-state index contributed by atoms with van der Waals surface area (Å²) in [6.07, 6.45) is 1.39. The highest BCUT2D eigenvalue weighted by atomic mass is 35.5. The monoisotopic (exact) mass is 394 g/mol. The first kappa shape index (κ1) is 20.3. The van der Waals surface area contributed by atoms with E-state index in [4.69, 9.17) is 11.6 Å². The summed E-state index contributed by atoms with van der Waals surface area (Å²) in [6.45, 7) is 4.19. The van der Waals surface area contributed by atoms with Gasteiger partial charge in [-0.1, -0.05) is 35.9 Å². The van der Waals surface area contributed by atoms with Crippen LogP contribution < -0.4 is 9.62 Å². The molecule has 140 valence electrons.